The van der Waals surface area contributed by atoms with Crippen molar-refractivity contribution in [1.82, 2.24) is 5.32 Å². The largest absolute Gasteiger partial charge is 0.312 e. The maximum Gasteiger partial charge on any atom is 0.194 e. The highest BCUT2D eigenvalue weighted by Crippen LogP contribution is 2.50. The molecule has 1 aromatic rings. The quantitative estimate of drug-likeness (QED) is 0.803. The second-order valence-electron chi connectivity index (χ2n) is 5.41. The van der Waals surface area contributed by atoms with E-state index in [1.807, 2.05) is 0 Å². The predicted molar refractivity (Wildman–Crippen MR) is 69.3 cm³/mol. The van der Waals surface area contributed by atoms with Crippen molar-refractivity contribution in [3.63, 3.8) is 0 Å². The van der Waals surface area contributed by atoms with E-state index in [4.69, 9.17) is 0 Å². The van der Waals surface area contributed by atoms with Gasteiger partial charge in [0, 0.05) is 11.6 Å². The van der Waals surface area contributed by atoms with Gasteiger partial charge in [-0.2, -0.15) is 0 Å². The molecule has 0 heterocycles. The third-order valence-electron chi connectivity index (χ3n) is 4.58. The summed E-state index contributed by atoms with van der Waals surface area (Å²) in [5.41, 5.74) is 0.185. The first-order chi connectivity index (χ1) is 9.05. The zero-order valence-corrected chi connectivity index (χ0v) is 11.4. The Morgan fingerprint density at radius 3 is 2.32 bits per heavy atom. The third-order valence-corrected chi connectivity index (χ3v) is 4.58. The lowest BCUT2D eigenvalue weighted by atomic mass is 9.73. The van der Waals surface area contributed by atoms with Crippen LogP contribution in [-0.4, -0.2) is 7.05 Å². The van der Waals surface area contributed by atoms with Crippen molar-refractivity contribution in [3.05, 3.63) is 35.1 Å². The van der Waals surface area contributed by atoms with Gasteiger partial charge >= 0.3 is 0 Å². The summed E-state index contributed by atoms with van der Waals surface area (Å²) >= 11 is 0. The summed E-state index contributed by atoms with van der Waals surface area (Å²) in [6, 6.07) is 2.11. The van der Waals surface area contributed by atoms with Crippen LogP contribution >= 0.6 is 0 Å². The van der Waals surface area contributed by atoms with E-state index >= 15 is 0 Å². The molecule has 1 aliphatic rings. The van der Waals surface area contributed by atoms with Crippen molar-refractivity contribution in [3.8, 4) is 0 Å². The van der Waals surface area contributed by atoms with Crippen LogP contribution in [0.2, 0.25) is 0 Å². The van der Waals surface area contributed by atoms with Gasteiger partial charge in [-0.25, -0.2) is 13.2 Å². The molecule has 1 saturated carbocycles. The first-order valence-corrected chi connectivity index (χ1v) is 6.86. The van der Waals surface area contributed by atoms with Crippen molar-refractivity contribution in [1.29, 1.82) is 0 Å². The van der Waals surface area contributed by atoms with Gasteiger partial charge in [0.25, 0.3) is 0 Å². The summed E-state index contributed by atoms with van der Waals surface area (Å²) in [6.45, 7) is 2.08. The Bertz CT molecular complexity index is 453. The average Bonchev–Trinajstić information content (AvgIpc) is 2.89. The van der Waals surface area contributed by atoms with Gasteiger partial charge in [-0.15, -0.1) is 0 Å². The van der Waals surface area contributed by atoms with E-state index in [0.29, 0.717) is 0 Å². The molecular formula is C15H20F3N. The fraction of sp³-hybridized carbons (Fsp3) is 0.600. The molecular weight excluding hydrogens is 251 g/mol. The summed E-state index contributed by atoms with van der Waals surface area (Å²) in [6.07, 6.45) is 5.10. The molecule has 2 rings (SSSR count). The summed E-state index contributed by atoms with van der Waals surface area (Å²) < 4.78 is 40.5. The molecule has 0 aliphatic heterocycles. The van der Waals surface area contributed by atoms with Crippen LogP contribution in [-0.2, 0) is 0 Å². The fourth-order valence-electron chi connectivity index (χ4n) is 3.48. The van der Waals surface area contributed by atoms with Crippen LogP contribution in [0.15, 0.2) is 12.1 Å². The minimum Gasteiger partial charge on any atom is -0.312 e. The van der Waals surface area contributed by atoms with Crippen LogP contribution in [0.4, 0.5) is 13.2 Å². The molecule has 0 bridgehead atoms. The molecule has 1 aliphatic carbocycles. The van der Waals surface area contributed by atoms with Crippen molar-refractivity contribution < 1.29 is 13.2 Å². The van der Waals surface area contributed by atoms with Gasteiger partial charge in [-0.1, -0.05) is 25.8 Å². The van der Waals surface area contributed by atoms with E-state index in [0.717, 1.165) is 38.2 Å². The third kappa shape index (κ3) is 2.38. The van der Waals surface area contributed by atoms with Gasteiger partial charge in [-0.3, -0.25) is 0 Å². The summed E-state index contributed by atoms with van der Waals surface area (Å²) in [5, 5.41) is 3.11. The van der Waals surface area contributed by atoms with E-state index in [1.54, 1.807) is 7.05 Å². The maximum atomic E-state index is 14.0. The monoisotopic (exact) mass is 271 g/mol. The first-order valence-electron chi connectivity index (χ1n) is 6.86. The van der Waals surface area contributed by atoms with Gasteiger partial charge in [0.2, 0.25) is 0 Å². The maximum absolute atomic E-state index is 14.0. The minimum atomic E-state index is -1.37. The summed E-state index contributed by atoms with van der Waals surface area (Å²) in [7, 11) is 1.75. The Balaban J connectivity index is 2.45. The molecule has 0 radical (unpaired) electrons. The zero-order valence-electron chi connectivity index (χ0n) is 11.4. The van der Waals surface area contributed by atoms with Crippen molar-refractivity contribution in [2.75, 3.05) is 7.05 Å². The highest BCUT2D eigenvalue weighted by atomic mass is 19.2. The van der Waals surface area contributed by atoms with Crippen LogP contribution in [0.3, 0.4) is 0 Å². The van der Waals surface area contributed by atoms with Crippen LogP contribution in [0, 0.1) is 22.9 Å². The molecule has 1 fully saturated rings. The number of nitrogens with one attached hydrogen (secondary N) is 1. The normalized spacial score (nSPS) is 19.6. The van der Waals surface area contributed by atoms with E-state index in [1.165, 1.54) is 6.07 Å². The highest BCUT2D eigenvalue weighted by molar-refractivity contribution is 5.26. The number of halogens is 3. The topological polar surface area (TPSA) is 12.0 Å². The minimum absolute atomic E-state index is 0.0557. The second-order valence-corrected chi connectivity index (χ2v) is 5.41. The molecule has 1 unspecified atom stereocenters. The Morgan fingerprint density at radius 1 is 1.16 bits per heavy atom. The lowest BCUT2D eigenvalue weighted by molar-refractivity contribution is 0.190. The first kappa shape index (κ1) is 14.4. The molecule has 0 saturated heterocycles. The Kier molecular flexibility index (Phi) is 4.19. The molecule has 0 spiro atoms. The van der Waals surface area contributed by atoms with Gasteiger partial charge in [0.15, 0.2) is 17.5 Å². The molecule has 1 atom stereocenters. The van der Waals surface area contributed by atoms with Crippen LogP contribution in [0.25, 0.3) is 0 Å². The molecule has 106 valence electrons. The van der Waals surface area contributed by atoms with Crippen LogP contribution < -0.4 is 5.32 Å². The standard InChI is InChI=1S/C15H20F3N/c1-3-15(8-4-5-9-15)14(19-2)10-6-7-11(16)13(18)12(10)17/h6-7,14,19H,3-5,8-9H2,1-2H3. The lowest BCUT2D eigenvalue weighted by Crippen LogP contribution is -2.35. The fourth-order valence-corrected chi connectivity index (χ4v) is 3.48. The lowest BCUT2D eigenvalue weighted by Gasteiger charge is -2.37. The molecule has 19 heavy (non-hydrogen) atoms. The van der Waals surface area contributed by atoms with Gasteiger partial charge in [0.1, 0.15) is 0 Å². The zero-order chi connectivity index (χ0) is 14.0. The van der Waals surface area contributed by atoms with Crippen molar-refractivity contribution in [2.24, 2.45) is 5.41 Å². The Morgan fingerprint density at radius 2 is 1.79 bits per heavy atom. The second kappa shape index (κ2) is 5.53. The molecule has 0 amide bonds. The Labute approximate surface area is 112 Å². The molecule has 1 aromatic carbocycles. The van der Waals surface area contributed by atoms with Gasteiger partial charge in [-0.05, 0) is 37.8 Å². The number of benzene rings is 1. The number of hydrogen-bond acceptors (Lipinski definition) is 1. The smallest absolute Gasteiger partial charge is 0.194 e. The van der Waals surface area contributed by atoms with E-state index in [2.05, 4.69) is 12.2 Å². The summed E-state index contributed by atoms with van der Waals surface area (Å²) in [4.78, 5) is 0. The average molecular weight is 271 g/mol. The van der Waals surface area contributed by atoms with Crippen molar-refractivity contribution >= 4 is 0 Å². The van der Waals surface area contributed by atoms with Crippen molar-refractivity contribution in [2.45, 2.75) is 45.1 Å². The molecule has 0 aromatic heterocycles. The molecule has 1 nitrogen and oxygen atoms in total. The number of rotatable bonds is 4. The number of hydrogen-bond donors (Lipinski definition) is 1. The van der Waals surface area contributed by atoms with Gasteiger partial charge < -0.3 is 5.32 Å². The Hall–Kier alpha value is -1.03. The van der Waals surface area contributed by atoms with E-state index in [-0.39, 0.29) is 17.0 Å². The van der Waals surface area contributed by atoms with Gasteiger partial charge in [0.05, 0.1) is 0 Å². The van der Waals surface area contributed by atoms with Crippen LogP contribution in [0.5, 0.6) is 0 Å². The van der Waals surface area contributed by atoms with Crippen LogP contribution in [0.1, 0.15) is 50.6 Å². The molecule has 4 heteroatoms. The summed E-state index contributed by atoms with van der Waals surface area (Å²) in [5.74, 6) is -3.56. The predicted octanol–water partition coefficient (Wildman–Crippen LogP) is 4.33. The van der Waals surface area contributed by atoms with E-state index < -0.39 is 17.5 Å². The molecule has 1 N–H and O–H groups in total. The SMILES string of the molecule is CCC1(C(NC)c2ccc(F)c(F)c2F)CCCC1. The highest BCUT2D eigenvalue weighted by Gasteiger charge is 2.41. The van der Waals surface area contributed by atoms with E-state index in [9.17, 15) is 13.2 Å².